The molecule has 0 atom stereocenters. The van der Waals surface area contributed by atoms with E-state index in [0.717, 1.165) is 30.3 Å². The van der Waals surface area contributed by atoms with E-state index in [1.807, 2.05) is 0 Å². The van der Waals surface area contributed by atoms with Crippen molar-refractivity contribution in [2.24, 2.45) is 5.10 Å². The molecule has 0 fully saturated rings. The molecule has 0 radical (unpaired) electrons. The van der Waals surface area contributed by atoms with Gasteiger partial charge in [-0.3, -0.25) is 28.4 Å². The van der Waals surface area contributed by atoms with Gasteiger partial charge in [0.25, 0.3) is 40.5 Å². The smallest absolute Gasteiger partial charge is 0.297 e. The molecule has 0 unspecified atom stereocenters. The summed E-state index contributed by atoms with van der Waals surface area (Å²) in [6.45, 7) is 0. The van der Waals surface area contributed by atoms with Gasteiger partial charge in [-0.1, -0.05) is 18.2 Å². The Bertz CT molecular complexity index is 2210. The zero-order valence-corrected chi connectivity index (χ0v) is 23.0. The number of fused-ring (bicyclic) bond motifs is 2. The average molecular weight is 649 g/mol. The maximum atomic E-state index is 13.3. The zero-order chi connectivity index (χ0) is 30.9. The number of allylic oxidation sites excluding steroid dienone is 1. The van der Waals surface area contributed by atoms with Gasteiger partial charge in [0.15, 0.2) is 5.71 Å². The standard InChI is InChI=1S/C20H16N4O13S4/c21-16-13(39(29,30)31)6-8-7-14(40(32,33)34)18(19(25)15(8)17(16)22)24-23-11-5-4-9-10(20(11)41(35,36)37)2-1-3-12(9)38(26,27)28/h1-7,23H,21-22H2,(H,26,27,28)(H,29,30,31)(H,32,33,34)(H,35,36,37)/b24-18+. The molecule has 21 heteroatoms. The number of nitrogen functional groups attached to an aromatic ring is 2. The highest BCUT2D eigenvalue weighted by Crippen LogP contribution is 2.38. The SMILES string of the molecule is Nc1c(S(=O)(=O)O)cc2c(c1N)C(=O)/C(=N/Nc1ccc3c(S(=O)(=O)O)cccc3c1S(=O)(=O)O)C(S(=O)(=O)O)=C2. The summed E-state index contributed by atoms with van der Waals surface area (Å²) in [6, 6.07) is 5.55. The molecule has 0 heterocycles. The van der Waals surface area contributed by atoms with Crippen LogP contribution in [0.2, 0.25) is 0 Å². The van der Waals surface area contributed by atoms with Gasteiger partial charge in [0, 0.05) is 10.8 Å². The molecule has 4 rings (SSSR count). The van der Waals surface area contributed by atoms with Crippen LogP contribution in [0.4, 0.5) is 17.1 Å². The molecule has 41 heavy (non-hydrogen) atoms. The van der Waals surface area contributed by atoms with Crippen LogP contribution in [-0.4, -0.2) is 63.4 Å². The van der Waals surface area contributed by atoms with Gasteiger partial charge in [-0.2, -0.15) is 38.8 Å². The number of carbonyl (C=O) groups is 1. The lowest BCUT2D eigenvalue weighted by atomic mass is 9.92. The fourth-order valence-electron chi connectivity index (χ4n) is 4.05. The van der Waals surface area contributed by atoms with E-state index in [1.165, 1.54) is 0 Å². The molecule has 9 N–H and O–H groups in total. The monoisotopic (exact) mass is 648 g/mol. The van der Waals surface area contributed by atoms with Crippen LogP contribution in [0.15, 0.2) is 61.1 Å². The van der Waals surface area contributed by atoms with E-state index in [4.69, 9.17) is 11.5 Å². The first-order valence-electron chi connectivity index (χ1n) is 10.4. The summed E-state index contributed by atoms with van der Waals surface area (Å²) in [5.41, 5.74) is 9.20. The molecule has 3 aromatic carbocycles. The van der Waals surface area contributed by atoms with Gasteiger partial charge < -0.3 is 11.5 Å². The third-order valence-corrected chi connectivity index (χ3v) is 9.34. The molecule has 218 valence electrons. The number of benzene rings is 3. The van der Waals surface area contributed by atoms with E-state index in [1.54, 1.807) is 0 Å². The number of nitrogens with one attached hydrogen (secondary N) is 1. The van der Waals surface area contributed by atoms with Crippen molar-refractivity contribution in [3.8, 4) is 0 Å². The normalized spacial score (nSPS) is 15.6. The van der Waals surface area contributed by atoms with Crippen molar-refractivity contribution in [3.05, 3.63) is 52.4 Å². The minimum atomic E-state index is -5.30. The first-order chi connectivity index (χ1) is 18.6. The van der Waals surface area contributed by atoms with Crippen molar-refractivity contribution in [3.63, 3.8) is 0 Å². The minimum absolute atomic E-state index is 0.347. The van der Waals surface area contributed by atoms with Crippen LogP contribution in [0.5, 0.6) is 0 Å². The summed E-state index contributed by atoms with van der Waals surface area (Å²) in [5.74, 6) is -1.35. The summed E-state index contributed by atoms with van der Waals surface area (Å²) in [6.07, 6.45) is 0.583. The largest absolute Gasteiger partial charge is 0.396 e. The molecule has 0 aliphatic heterocycles. The minimum Gasteiger partial charge on any atom is -0.396 e. The van der Waals surface area contributed by atoms with E-state index in [-0.39, 0.29) is 5.39 Å². The fraction of sp³-hybridized carbons (Fsp3) is 0. The lowest BCUT2D eigenvalue weighted by Gasteiger charge is -2.20. The number of nitrogens with zero attached hydrogens (tertiary/aromatic N) is 1. The van der Waals surface area contributed by atoms with Crippen LogP contribution in [0.25, 0.3) is 16.8 Å². The predicted molar refractivity (Wildman–Crippen MR) is 144 cm³/mol. The highest BCUT2D eigenvalue weighted by atomic mass is 32.2. The number of nitrogens with two attached hydrogens (primary N) is 2. The Hall–Kier alpha value is -3.96. The number of Topliss-reactive ketones (excluding diaryl/α,β-unsaturated/α-hetero) is 1. The second-order valence-electron chi connectivity index (χ2n) is 8.27. The second kappa shape index (κ2) is 9.56. The van der Waals surface area contributed by atoms with Crippen molar-refractivity contribution in [2.45, 2.75) is 14.7 Å². The van der Waals surface area contributed by atoms with Gasteiger partial charge in [0.1, 0.15) is 19.6 Å². The molecule has 17 nitrogen and oxygen atoms in total. The van der Waals surface area contributed by atoms with Crippen molar-refractivity contribution < 1.29 is 56.7 Å². The summed E-state index contributed by atoms with van der Waals surface area (Å²) >= 11 is 0. The lowest BCUT2D eigenvalue weighted by Crippen LogP contribution is -2.29. The highest BCUT2D eigenvalue weighted by Gasteiger charge is 2.36. The Labute approximate surface area is 231 Å². The Morgan fingerprint density at radius 1 is 0.707 bits per heavy atom. The average Bonchev–Trinajstić information content (AvgIpc) is 2.81. The number of carbonyl (C=O) groups excluding carboxylic acids is 1. The number of ketones is 1. The Balaban J connectivity index is 1.98. The number of hydrazone groups is 1. The molecular weight excluding hydrogens is 633 g/mol. The molecule has 3 aromatic rings. The van der Waals surface area contributed by atoms with Crippen LogP contribution in [0.3, 0.4) is 0 Å². The number of anilines is 3. The number of rotatable bonds is 6. The molecule has 0 spiro atoms. The summed E-state index contributed by atoms with van der Waals surface area (Å²) in [7, 11) is -20.4. The first-order valence-corrected chi connectivity index (χ1v) is 16.2. The Kier molecular flexibility index (Phi) is 7.00. The maximum Gasteiger partial charge on any atom is 0.297 e. The lowest BCUT2D eigenvalue weighted by molar-refractivity contribution is 0.106. The number of hydrogen-bond donors (Lipinski definition) is 7. The van der Waals surface area contributed by atoms with E-state index in [9.17, 15) is 56.7 Å². The third kappa shape index (κ3) is 5.39. The topological polar surface area (TPSA) is 311 Å². The van der Waals surface area contributed by atoms with Gasteiger partial charge in [-0.25, -0.2) is 0 Å². The molecule has 1 aliphatic rings. The van der Waals surface area contributed by atoms with Crippen LogP contribution in [0.1, 0.15) is 15.9 Å². The molecule has 0 saturated heterocycles. The van der Waals surface area contributed by atoms with E-state index in [0.29, 0.717) is 12.1 Å². The summed E-state index contributed by atoms with van der Waals surface area (Å²) in [4.78, 5) is 9.39. The quantitative estimate of drug-likeness (QED) is 0.109. The Morgan fingerprint density at radius 2 is 1.32 bits per heavy atom. The highest BCUT2D eigenvalue weighted by molar-refractivity contribution is 7.91. The van der Waals surface area contributed by atoms with E-state index in [2.05, 4.69) is 10.5 Å². The Morgan fingerprint density at radius 3 is 1.85 bits per heavy atom. The van der Waals surface area contributed by atoms with Gasteiger partial charge in [-0.05, 0) is 29.8 Å². The van der Waals surface area contributed by atoms with Gasteiger partial charge in [0.2, 0.25) is 5.78 Å². The predicted octanol–water partition coefficient (Wildman–Crippen LogP) is 0.637. The number of hydrogen-bond acceptors (Lipinski definition) is 13. The van der Waals surface area contributed by atoms with Crippen LogP contribution in [-0.2, 0) is 40.5 Å². The van der Waals surface area contributed by atoms with Gasteiger partial charge in [0.05, 0.1) is 22.6 Å². The van der Waals surface area contributed by atoms with Crippen molar-refractivity contribution >= 4 is 85.9 Å². The third-order valence-electron chi connectivity index (χ3n) is 5.71. The molecular formula is C20H16N4O13S4. The zero-order valence-electron chi connectivity index (χ0n) is 19.7. The molecule has 0 bridgehead atoms. The van der Waals surface area contributed by atoms with E-state index >= 15 is 0 Å². The molecule has 1 aliphatic carbocycles. The van der Waals surface area contributed by atoms with Crippen molar-refractivity contribution in [1.82, 2.24) is 0 Å². The van der Waals surface area contributed by atoms with Crippen LogP contribution < -0.4 is 16.9 Å². The fourth-order valence-corrected chi connectivity index (χ4v) is 6.92. The van der Waals surface area contributed by atoms with E-state index < -0.39 is 105 Å². The van der Waals surface area contributed by atoms with Crippen molar-refractivity contribution in [2.75, 3.05) is 16.9 Å². The molecule has 0 aromatic heterocycles. The van der Waals surface area contributed by atoms with Crippen LogP contribution in [0, 0.1) is 0 Å². The second-order valence-corrected chi connectivity index (χ2v) is 13.8. The van der Waals surface area contributed by atoms with Crippen LogP contribution >= 0.6 is 0 Å². The van der Waals surface area contributed by atoms with Gasteiger partial charge in [-0.15, -0.1) is 0 Å². The summed E-state index contributed by atoms with van der Waals surface area (Å²) in [5, 5.41) is 2.79. The maximum absolute atomic E-state index is 13.3. The first kappa shape index (κ1) is 30.0. The van der Waals surface area contributed by atoms with Crippen molar-refractivity contribution in [1.29, 1.82) is 0 Å². The molecule has 0 amide bonds. The summed E-state index contributed by atoms with van der Waals surface area (Å²) < 4.78 is 134. The molecule has 0 saturated carbocycles. The van der Waals surface area contributed by atoms with Gasteiger partial charge >= 0.3 is 0 Å².